The number of carbonyl (C=O) groups is 1. The average Bonchev–Trinajstić information content (AvgIpc) is 2.72. The van der Waals surface area contributed by atoms with Crippen LogP contribution < -0.4 is 11.1 Å². The number of benzene rings is 1. The van der Waals surface area contributed by atoms with Crippen molar-refractivity contribution in [3.8, 4) is 0 Å². The van der Waals surface area contributed by atoms with E-state index >= 15 is 0 Å². The quantitative estimate of drug-likeness (QED) is 0.843. The van der Waals surface area contributed by atoms with E-state index in [-0.39, 0.29) is 11.9 Å². The van der Waals surface area contributed by atoms with Crippen LogP contribution in [0, 0.1) is 11.8 Å². The third kappa shape index (κ3) is 3.25. The van der Waals surface area contributed by atoms with E-state index in [1.165, 1.54) is 0 Å². The zero-order valence-corrected chi connectivity index (χ0v) is 12.9. The second kappa shape index (κ2) is 6.02. The largest absolute Gasteiger partial charge is 0.399 e. The first-order valence-corrected chi connectivity index (χ1v) is 7.36. The van der Waals surface area contributed by atoms with Gasteiger partial charge in [-0.1, -0.05) is 25.4 Å². The molecule has 3 N–H and O–H groups in total. The number of carbonyl (C=O) groups excluding carboxylic acids is 1. The summed E-state index contributed by atoms with van der Waals surface area (Å²) in [6.45, 7) is 8.32. The molecule has 0 bridgehead atoms. The molecule has 0 aromatic heterocycles. The first kappa shape index (κ1) is 15.1. The van der Waals surface area contributed by atoms with Gasteiger partial charge in [0, 0.05) is 18.8 Å². The van der Waals surface area contributed by atoms with E-state index in [1.54, 1.807) is 18.2 Å². The predicted octanol–water partition coefficient (Wildman–Crippen LogP) is 2.84. The highest BCUT2D eigenvalue weighted by atomic mass is 35.5. The van der Waals surface area contributed by atoms with Gasteiger partial charge in [0.1, 0.15) is 0 Å². The Morgan fingerprint density at radius 1 is 1.40 bits per heavy atom. The van der Waals surface area contributed by atoms with Crippen LogP contribution in [0.1, 0.15) is 20.8 Å². The Kier molecular flexibility index (Phi) is 4.55. The monoisotopic (exact) mass is 295 g/mol. The summed E-state index contributed by atoms with van der Waals surface area (Å²) in [5.74, 6) is 1.23. The lowest BCUT2D eigenvalue weighted by atomic mass is 10.0. The minimum absolute atomic E-state index is 0.0297. The average molecular weight is 296 g/mol. The minimum Gasteiger partial charge on any atom is -0.399 e. The predicted molar refractivity (Wildman–Crippen MR) is 83.9 cm³/mol. The molecule has 110 valence electrons. The fraction of sp³-hybridized carbons (Fsp3) is 0.533. The molecule has 4 nitrogen and oxygen atoms in total. The van der Waals surface area contributed by atoms with E-state index in [4.69, 9.17) is 17.3 Å². The summed E-state index contributed by atoms with van der Waals surface area (Å²) in [6.07, 6.45) is 0. The standard InChI is InChI=1S/C15H22ClN3O/c1-9-7-19(8-10(9)2)11(3)15(20)18-14-5-4-12(17)6-13(14)16/h4-6,9-11H,7-8,17H2,1-3H3,(H,18,20). The van der Waals surface area contributed by atoms with E-state index in [1.807, 2.05) is 6.92 Å². The lowest BCUT2D eigenvalue weighted by molar-refractivity contribution is -0.120. The van der Waals surface area contributed by atoms with Gasteiger partial charge in [0.25, 0.3) is 0 Å². The van der Waals surface area contributed by atoms with Crippen molar-refractivity contribution in [3.63, 3.8) is 0 Å². The highest BCUT2D eigenvalue weighted by molar-refractivity contribution is 6.34. The third-order valence-corrected chi connectivity index (χ3v) is 4.51. The number of nitrogens with one attached hydrogen (secondary N) is 1. The number of nitrogens with zero attached hydrogens (tertiary/aromatic N) is 1. The van der Waals surface area contributed by atoms with Gasteiger partial charge in [-0.3, -0.25) is 9.69 Å². The Labute approximate surface area is 125 Å². The Balaban J connectivity index is 2.01. The van der Waals surface area contributed by atoms with Crippen LogP contribution in [-0.4, -0.2) is 29.9 Å². The summed E-state index contributed by atoms with van der Waals surface area (Å²) in [7, 11) is 0. The van der Waals surface area contributed by atoms with E-state index < -0.39 is 0 Å². The van der Waals surface area contributed by atoms with Crippen molar-refractivity contribution in [3.05, 3.63) is 23.2 Å². The molecule has 3 atom stereocenters. The molecule has 0 saturated carbocycles. The summed E-state index contributed by atoms with van der Waals surface area (Å²) >= 11 is 6.08. The van der Waals surface area contributed by atoms with Crippen molar-refractivity contribution in [1.82, 2.24) is 4.90 Å². The summed E-state index contributed by atoms with van der Waals surface area (Å²) in [6, 6.07) is 4.95. The van der Waals surface area contributed by atoms with Gasteiger partial charge in [-0.25, -0.2) is 0 Å². The number of likely N-dealkylation sites (tertiary alicyclic amines) is 1. The number of hydrogen-bond donors (Lipinski definition) is 2. The molecule has 1 fully saturated rings. The van der Waals surface area contributed by atoms with E-state index in [0.717, 1.165) is 13.1 Å². The molecule has 1 aromatic carbocycles. The topological polar surface area (TPSA) is 58.4 Å². The molecule has 1 aliphatic rings. The summed E-state index contributed by atoms with van der Waals surface area (Å²) in [4.78, 5) is 14.5. The van der Waals surface area contributed by atoms with E-state index in [9.17, 15) is 4.79 Å². The molecule has 0 aliphatic carbocycles. The molecule has 2 rings (SSSR count). The summed E-state index contributed by atoms with van der Waals surface area (Å²) in [5.41, 5.74) is 6.84. The van der Waals surface area contributed by atoms with Crippen molar-refractivity contribution >= 4 is 28.9 Å². The highest BCUT2D eigenvalue weighted by Crippen LogP contribution is 2.26. The maximum atomic E-state index is 12.3. The van der Waals surface area contributed by atoms with Gasteiger partial charge in [-0.15, -0.1) is 0 Å². The summed E-state index contributed by atoms with van der Waals surface area (Å²) < 4.78 is 0. The molecule has 0 spiro atoms. The van der Waals surface area contributed by atoms with Crippen molar-refractivity contribution in [2.24, 2.45) is 11.8 Å². The molecule has 0 radical (unpaired) electrons. The number of nitrogen functional groups attached to an aromatic ring is 1. The Morgan fingerprint density at radius 2 is 2.00 bits per heavy atom. The molecule has 1 saturated heterocycles. The zero-order valence-electron chi connectivity index (χ0n) is 12.2. The lowest BCUT2D eigenvalue weighted by Crippen LogP contribution is -2.40. The van der Waals surface area contributed by atoms with Crippen LogP contribution in [0.3, 0.4) is 0 Å². The van der Waals surface area contributed by atoms with Crippen molar-refractivity contribution in [1.29, 1.82) is 0 Å². The second-order valence-corrected chi connectivity index (χ2v) is 6.22. The van der Waals surface area contributed by atoms with Crippen LogP contribution in [0.25, 0.3) is 0 Å². The Morgan fingerprint density at radius 3 is 2.55 bits per heavy atom. The fourth-order valence-corrected chi connectivity index (χ4v) is 2.76. The molecule has 5 heteroatoms. The molecular weight excluding hydrogens is 274 g/mol. The van der Waals surface area contributed by atoms with Crippen LogP contribution in [-0.2, 0) is 4.79 Å². The lowest BCUT2D eigenvalue weighted by Gasteiger charge is -2.23. The van der Waals surface area contributed by atoms with Crippen LogP contribution in [0.2, 0.25) is 5.02 Å². The van der Waals surface area contributed by atoms with Crippen LogP contribution in [0.4, 0.5) is 11.4 Å². The number of amides is 1. The molecule has 1 heterocycles. The Bertz CT molecular complexity index is 496. The second-order valence-electron chi connectivity index (χ2n) is 5.81. The summed E-state index contributed by atoms with van der Waals surface area (Å²) in [5, 5.41) is 3.34. The number of rotatable bonds is 3. The molecule has 20 heavy (non-hydrogen) atoms. The van der Waals surface area contributed by atoms with Crippen LogP contribution in [0.5, 0.6) is 0 Å². The minimum atomic E-state index is -0.156. The van der Waals surface area contributed by atoms with Gasteiger partial charge in [0.05, 0.1) is 16.8 Å². The number of nitrogens with two attached hydrogens (primary N) is 1. The molecular formula is C15H22ClN3O. The Hall–Kier alpha value is -1.26. The van der Waals surface area contributed by atoms with Gasteiger partial charge in [0.2, 0.25) is 5.91 Å². The normalized spacial score (nSPS) is 24.6. The first-order chi connectivity index (χ1) is 9.38. The SMILES string of the molecule is CC1CN(C(C)C(=O)Nc2ccc(N)cc2Cl)CC1C. The van der Waals surface area contributed by atoms with Gasteiger partial charge < -0.3 is 11.1 Å². The highest BCUT2D eigenvalue weighted by Gasteiger charge is 2.32. The van der Waals surface area contributed by atoms with Crippen LogP contribution >= 0.6 is 11.6 Å². The van der Waals surface area contributed by atoms with E-state index in [2.05, 4.69) is 24.1 Å². The van der Waals surface area contributed by atoms with Crippen molar-refractivity contribution < 1.29 is 4.79 Å². The smallest absolute Gasteiger partial charge is 0.241 e. The van der Waals surface area contributed by atoms with Gasteiger partial charge >= 0.3 is 0 Å². The van der Waals surface area contributed by atoms with Gasteiger partial charge in [0.15, 0.2) is 0 Å². The molecule has 3 unspecified atom stereocenters. The van der Waals surface area contributed by atoms with Crippen molar-refractivity contribution in [2.75, 3.05) is 24.1 Å². The van der Waals surface area contributed by atoms with Gasteiger partial charge in [-0.05, 0) is 37.0 Å². The number of hydrogen-bond acceptors (Lipinski definition) is 3. The van der Waals surface area contributed by atoms with Crippen LogP contribution in [0.15, 0.2) is 18.2 Å². The molecule has 1 aliphatic heterocycles. The number of anilines is 2. The fourth-order valence-electron chi connectivity index (χ4n) is 2.53. The number of halogens is 1. The van der Waals surface area contributed by atoms with E-state index in [0.29, 0.717) is 28.2 Å². The van der Waals surface area contributed by atoms with Gasteiger partial charge in [-0.2, -0.15) is 0 Å². The molecule has 1 amide bonds. The first-order valence-electron chi connectivity index (χ1n) is 6.98. The third-order valence-electron chi connectivity index (χ3n) is 4.19. The molecule has 1 aromatic rings. The van der Waals surface area contributed by atoms with Crippen molar-refractivity contribution in [2.45, 2.75) is 26.8 Å². The maximum absolute atomic E-state index is 12.3. The zero-order chi connectivity index (χ0) is 14.9. The maximum Gasteiger partial charge on any atom is 0.241 e.